The van der Waals surface area contributed by atoms with E-state index in [9.17, 15) is 4.79 Å². The number of Topliss-reactive ketones (excluding diaryl/α,β-unsaturated/α-hetero) is 1. The molecule has 1 aromatic rings. The van der Waals surface area contributed by atoms with Gasteiger partial charge in [0.25, 0.3) is 0 Å². The molecule has 1 aliphatic heterocycles. The molecule has 1 aromatic heterocycles. The summed E-state index contributed by atoms with van der Waals surface area (Å²) in [5.41, 5.74) is 1.88. The van der Waals surface area contributed by atoms with E-state index in [1.165, 1.54) is 0 Å². The highest BCUT2D eigenvalue weighted by atomic mass is 32.1. The summed E-state index contributed by atoms with van der Waals surface area (Å²) in [6, 6.07) is 3.98. The molecule has 2 aliphatic rings. The topological polar surface area (TPSA) is 41.1 Å². The van der Waals surface area contributed by atoms with E-state index < -0.39 is 0 Å². The number of carbonyl (C=O) groups excluding carboxylic acids is 1. The Kier molecular flexibility index (Phi) is 2.98. The fraction of sp³-hybridized carbons (Fsp3) is 0.429. The number of rotatable bonds is 1. The highest BCUT2D eigenvalue weighted by Gasteiger charge is 2.39. The van der Waals surface area contributed by atoms with Gasteiger partial charge >= 0.3 is 0 Å². The highest BCUT2D eigenvalue weighted by Crippen LogP contribution is 2.41. The van der Waals surface area contributed by atoms with Gasteiger partial charge in [0.1, 0.15) is 0 Å². The van der Waals surface area contributed by atoms with Gasteiger partial charge in [0.15, 0.2) is 10.9 Å². The predicted octanol–water partition coefficient (Wildman–Crippen LogP) is 2.91. The Balaban J connectivity index is 2.07. The van der Waals surface area contributed by atoms with E-state index in [4.69, 9.17) is 12.2 Å². The maximum Gasteiger partial charge on any atom is 0.171 e. The molecule has 1 atom stereocenters. The van der Waals surface area contributed by atoms with Crippen LogP contribution >= 0.6 is 23.6 Å². The van der Waals surface area contributed by atoms with Crippen LogP contribution < -0.4 is 10.6 Å². The van der Waals surface area contributed by atoms with Gasteiger partial charge in [-0.25, -0.2) is 0 Å². The zero-order valence-corrected chi connectivity index (χ0v) is 12.6. The van der Waals surface area contributed by atoms with E-state index in [0.29, 0.717) is 11.5 Å². The number of hydrogen-bond acceptors (Lipinski definition) is 3. The fourth-order valence-electron chi connectivity index (χ4n) is 2.83. The second-order valence-corrected chi connectivity index (χ2v) is 7.27. The molecule has 5 heteroatoms. The van der Waals surface area contributed by atoms with Crippen LogP contribution in [-0.2, 0) is 4.79 Å². The summed E-state index contributed by atoms with van der Waals surface area (Å²) in [4.78, 5) is 13.6. The van der Waals surface area contributed by atoms with Crippen LogP contribution in [0.4, 0.5) is 0 Å². The number of thiocarbonyl (C=S) groups is 1. The smallest absolute Gasteiger partial charge is 0.171 e. The van der Waals surface area contributed by atoms with E-state index in [1.54, 1.807) is 11.3 Å². The molecule has 0 aromatic carbocycles. The Morgan fingerprint density at radius 2 is 2.21 bits per heavy atom. The largest absolute Gasteiger partial charge is 0.351 e. The molecule has 2 N–H and O–H groups in total. The second-order valence-electron chi connectivity index (χ2n) is 5.88. The van der Waals surface area contributed by atoms with E-state index in [2.05, 4.69) is 24.5 Å². The molecule has 100 valence electrons. The minimum atomic E-state index is -0.0765. The first-order valence-corrected chi connectivity index (χ1v) is 7.62. The molecule has 2 heterocycles. The number of carbonyl (C=O) groups is 1. The van der Waals surface area contributed by atoms with Crippen LogP contribution in [0.15, 0.2) is 28.8 Å². The molecule has 1 unspecified atom stereocenters. The Hall–Kier alpha value is -1.20. The highest BCUT2D eigenvalue weighted by molar-refractivity contribution is 7.80. The van der Waals surface area contributed by atoms with Crippen molar-refractivity contribution in [2.45, 2.75) is 32.7 Å². The lowest BCUT2D eigenvalue weighted by Crippen LogP contribution is -2.48. The van der Waals surface area contributed by atoms with Crippen molar-refractivity contribution >= 4 is 34.5 Å². The van der Waals surface area contributed by atoms with E-state index in [1.807, 2.05) is 17.5 Å². The van der Waals surface area contributed by atoms with Gasteiger partial charge < -0.3 is 10.6 Å². The summed E-state index contributed by atoms with van der Waals surface area (Å²) in [5.74, 6) is 0.229. The van der Waals surface area contributed by atoms with Crippen LogP contribution in [-0.4, -0.2) is 10.9 Å². The van der Waals surface area contributed by atoms with Crippen molar-refractivity contribution in [1.82, 2.24) is 10.6 Å². The number of thiophene rings is 1. The van der Waals surface area contributed by atoms with Crippen molar-refractivity contribution in [3.8, 4) is 0 Å². The molecule has 3 rings (SSSR count). The molecule has 19 heavy (non-hydrogen) atoms. The minimum absolute atomic E-state index is 0.00979. The third-order valence-electron chi connectivity index (χ3n) is 3.58. The molecule has 0 bridgehead atoms. The van der Waals surface area contributed by atoms with Crippen molar-refractivity contribution in [3.05, 3.63) is 33.7 Å². The zero-order chi connectivity index (χ0) is 13.6. The first-order chi connectivity index (χ1) is 8.96. The molecule has 0 fully saturated rings. The zero-order valence-electron chi connectivity index (χ0n) is 10.9. The van der Waals surface area contributed by atoms with Crippen LogP contribution in [0.3, 0.4) is 0 Å². The van der Waals surface area contributed by atoms with Gasteiger partial charge in [-0.2, -0.15) is 0 Å². The third kappa shape index (κ3) is 2.32. The van der Waals surface area contributed by atoms with Crippen molar-refractivity contribution < 1.29 is 4.79 Å². The van der Waals surface area contributed by atoms with Crippen molar-refractivity contribution in [2.75, 3.05) is 0 Å². The lowest BCUT2D eigenvalue weighted by atomic mass is 9.73. The first-order valence-electron chi connectivity index (χ1n) is 6.33. The van der Waals surface area contributed by atoms with Gasteiger partial charge in [0.2, 0.25) is 0 Å². The average Bonchev–Trinajstić information content (AvgIpc) is 2.78. The second kappa shape index (κ2) is 4.42. The van der Waals surface area contributed by atoms with Crippen molar-refractivity contribution in [1.29, 1.82) is 0 Å². The van der Waals surface area contributed by atoms with Gasteiger partial charge in [-0.3, -0.25) is 4.79 Å². The maximum atomic E-state index is 12.5. The lowest BCUT2D eigenvalue weighted by molar-refractivity contribution is -0.118. The Labute approximate surface area is 122 Å². The van der Waals surface area contributed by atoms with E-state index in [0.717, 1.165) is 22.6 Å². The standard InChI is InChI=1S/C14H16N2OS2/c1-14(2)6-8-11(9(17)7-14)12(16-13(18)15-8)10-4-3-5-19-10/h3-5,12H,6-7H2,1-2H3,(H2,15,16,18). The van der Waals surface area contributed by atoms with Gasteiger partial charge in [-0.1, -0.05) is 19.9 Å². The predicted molar refractivity (Wildman–Crippen MR) is 81.0 cm³/mol. The minimum Gasteiger partial charge on any atom is -0.351 e. The number of allylic oxidation sites excluding steroid dienone is 1. The average molecular weight is 292 g/mol. The van der Waals surface area contributed by atoms with Gasteiger partial charge in [-0.15, -0.1) is 11.3 Å². The monoisotopic (exact) mass is 292 g/mol. The van der Waals surface area contributed by atoms with Gasteiger partial charge in [0, 0.05) is 22.6 Å². The molecular formula is C14H16N2OS2. The van der Waals surface area contributed by atoms with Crippen LogP contribution in [0, 0.1) is 5.41 Å². The summed E-state index contributed by atoms with van der Waals surface area (Å²) in [7, 11) is 0. The van der Waals surface area contributed by atoms with Crippen molar-refractivity contribution in [3.63, 3.8) is 0 Å². The number of ketones is 1. The summed E-state index contributed by atoms with van der Waals surface area (Å²) >= 11 is 6.93. The SMILES string of the molecule is CC1(C)CC(=O)C2=C(C1)NC(=S)NC2c1cccs1. The fourth-order valence-corrected chi connectivity index (χ4v) is 3.85. The normalized spacial score (nSPS) is 25.7. The summed E-state index contributed by atoms with van der Waals surface area (Å²) in [6.45, 7) is 4.25. The van der Waals surface area contributed by atoms with Crippen LogP contribution in [0.5, 0.6) is 0 Å². The molecule has 0 saturated carbocycles. The summed E-state index contributed by atoms with van der Waals surface area (Å²) in [5, 5.41) is 9.05. The van der Waals surface area contributed by atoms with Crippen LogP contribution in [0.1, 0.15) is 37.6 Å². The first kappa shape index (κ1) is 12.8. The molecule has 1 aliphatic carbocycles. The molecule has 0 radical (unpaired) electrons. The van der Waals surface area contributed by atoms with Crippen molar-refractivity contribution in [2.24, 2.45) is 5.41 Å². The van der Waals surface area contributed by atoms with Gasteiger partial charge in [0.05, 0.1) is 6.04 Å². The third-order valence-corrected chi connectivity index (χ3v) is 4.73. The molecular weight excluding hydrogens is 276 g/mol. The lowest BCUT2D eigenvalue weighted by Gasteiger charge is -2.38. The molecule has 0 spiro atoms. The number of nitrogens with one attached hydrogen (secondary N) is 2. The van der Waals surface area contributed by atoms with Crippen LogP contribution in [0.25, 0.3) is 0 Å². The molecule has 3 nitrogen and oxygen atoms in total. The molecule has 0 amide bonds. The Morgan fingerprint density at radius 3 is 2.89 bits per heavy atom. The number of hydrogen-bond donors (Lipinski definition) is 2. The van der Waals surface area contributed by atoms with E-state index in [-0.39, 0.29) is 17.2 Å². The summed E-state index contributed by atoms with van der Waals surface area (Å²) in [6.07, 6.45) is 1.47. The van der Waals surface area contributed by atoms with Crippen LogP contribution in [0.2, 0.25) is 0 Å². The quantitative estimate of drug-likeness (QED) is 0.781. The van der Waals surface area contributed by atoms with E-state index >= 15 is 0 Å². The Morgan fingerprint density at radius 1 is 1.42 bits per heavy atom. The molecule has 0 saturated heterocycles. The maximum absolute atomic E-state index is 12.5. The summed E-state index contributed by atoms with van der Waals surface area (Å²) < 4.78 is 0. The Bertz CT molecular complexity index is 572. The van der Waals surface area contributed by atoms with Gasteiger partial charge in [-0.05, 0) is 35.5 Å².